The number of nitrogens with zero attached hydrogens (tertiary/aromatic N) is 4. The van der Waals surface area contributed by atoms with E-state index in [4.69, 9.17) is 4.74 Å². The molecule has 0 unspecified atom stereocenters. The third-order valence-corrected chi connectivity index (χ3v) is 5.01. The summed E-state index contributed by atoms with van der Waals surface area (Å²) in [5.41, 5.74) is 0.706. The lowest BCUT2D eigenvalue weighted by Gasteiger charge is -2.33. The van der Waals surface area contributed by atoms with Gasteiger partial charge in [0.05, 0.1) is 0 Å². The SMILES string of the molecule is CC(C)(C)OC(=O)N1CCC(Nc2nccc(Nc3cc(C4CC4)[nH]n3)n2)CC1. The number of anilines is 3. The Morgan fingerprint density at radius 1 is 1.21 bits per heavy atom. The van der Waals surface area contributed by atoms with Gasteiger partial charge in [0.2, 0.25) is 5.95 Å². The zero-order valence-corrected chi connectivity index (χ0v) is 17.2. The molecule has 0 atom stereocenters. The number of hydrogen-bond donors (Lipinski definition) is 3. The Bertz CT molecular complexity index is 849. The first kappa shape index (κ1) is 19.5. The van der Waals surface area contributed by atoms with Crippen LogP contribution in [0.2, 0.25) is 0 Å². The molecular formula is C20H29N7O2. The quantitative estimate of drug-likeness (QED) is 0.704. The first-order chi connectivity index (χ1) is 13.9. The van der Waals surface area contributed by atoms with Crippen molar-refractivity contribution in [1.82, 2.24) is 25.1 Å². The molecule has 1 saturated heterocycles. The van der Waals surface area contributed by atoms with E-state index >= 15 is 0 Å². The minimum Gasteiger partial charge on any atom is -0.444 e. The fraction of sp³-hybridized carbons (Fsp3) is 0.600. The van der Waals surface area contributed by atoms with Crippen molar-refractivity contribution in [3.63, 3.8) is 0 Å². The number of ether oxygens (including phenoxy) is 1. The summed E-state index contributed by atoms with van der Waals surface area (Å²) in [4.78, 5) is 22.8. The molecule has 1 saturated carbocycles. The Morgan fingerprint density at radius 3 is 2.66 bits per heavy atom. The number of H-pyrrole nitrogens is 1. The van der Waals surface area contributed by atoms with Crippen LogP contribution >= 0.6 is 0 Å². The summed E-state index contributed by atoms with van der Waals surface area (Å²) in [6.07, 6.45) is 5.59. The topological polar surface area (TPSA) is 108 Å². The maximum Gasteiger partial charge on any atom is 0.410 e. The third-order valence-electron chi connectivity index (χ3n) is 5.01. The summed E-state index contributed by atoms with van der Waals surface area (Å²) in [5, 5.41) is 14.0. The van der Waals surface area contributed by atoms with Crippen LogP contribution in [0.5, 0.6) is 0 Å². The van der Waals surface area contributed by atoms with Gasteiger partial charge in [-0.25, -0.2) is 9.78 Å². The fourth-order valence-electron chi connectivity index (χ4n) is 3.35. The molecule has 9 heteroatoms. The van der Waals surface area contributed by atoms with E-state index in [2.05, 4.69) is 30.8 Å². The van der Waals surface area contributed by atoms with Gasteiger partial charge in [-0.05, 0) is 52.5 Å². The van der Waals surface area contributed by atoms with E-state index in [0.29, 0.717) is 30.8 Å². The summed E-state index contributed by atoms with van der Waals surface area (Å²) in [7, 11) is 0. The predicted molar refractivity (Wildman–Crippen MR) is 110 cm³/mol. The van der Waals surface area contributed by atoms with Crippen molar-refractivity contribution in [1.29, 1.82) is 0 Å². The van der Waals surface area contributed by atoms with Crippen LogP contribution in [0.4, 0.5) is 22.4 Å². The molecule has 3 N–H and O–H groups in total. The molecule has 2 aromatic rings. The van der Waals surface area contributed by atoms with Gasteiger partial charge in [0.25, 0.3) is 0 Å². The van der Waals surface area contributed by atoms with Gasteiger partial charge in [-0.2, -0.15) is 10.1 Å². The Labute approximate surface area is 170 Å². The van der Waals surface area contributed by atoms with Gasteiger partial charge < -0.3 is 20.3 Å². The number of piperidine rings is 1. The van der Waals surface area contributed by atoms with Gasteiger partial charge in [0.15, 0.2) is 5.82 Å². The van der Waals surface area contributed by atoms with Crippen molar-refractivity contribution >= 4 is 23.7 Å². The highest BCUT2D eigenvalue weighted by Gasteiger charge is 2.27. The van der Waals surface area contributed by atoms with E-state index in [-0.39, 0.29) is 12.1 Å². The van der Waals surface area contributed by atoms with Crippen LogP contribution < -0.4 is 10.6 Å². The van der Waals surface area contributed by atoms with E-state index in [1.165, 1.54) is 18.5 Å². The zero-order valence-electron chi connectivity index (χ0n) is 17.2. The maximum absolute atomic E-state index is 12.2. The standard InChI is InChI=1S/C20H29N7O2/c1-20(2,3)29-19(28)27-10-7-14(8-11-27)22-18-21-9-6-16(24-18)23-17-12-15(25-26-17)13-4-5-13/h6,9,12-14H,4-5,7-8,10-11H2,1-3H3,(H3,21,22,23,24,25,26). The lowest BCUT2D eigenvalue weighted by atomic mass is 10.1. The van der Waals surface area contributed by atoms with Crippen molar-refractivity contribution < 1.29 is 9.53 Å². The van der Waals surface area contributed by atoms with Crippen LogP contribution in [0.3, 0.4) is 0 Å². The van der Waals surface area contributed by atoms with E-state index < -0.39 is 5.60 Å². The predicted octanol–water partition coefficient (Wildman–Crippen LogP) is 3.63. The van der Waals surface area contributed by atoms with Crippen molar-refractivity contribution in [2.24, 2.45) is 0 Å². The Balaban J connectivity index is 1.29. The average molecular weight is 399 g/mol. The van der Waals surface area contributed by atoms with Crippen molar-refractivity contribution in [2.75, 3.05) is 23.7 Å². The lowest BCUT2D eigenvalue weighted by molar-refractivity contribution is 0.0210. The van der Waals surface area contributed by atoms with E-state index in [0.717, 1.165) is 18.7 Å². The van der Waals surface area contributed by atoms with Crippen molar-refractivity contribution in [2.45, 2.75) is 64.0 Å². The minimum atomic E-state index is -0.471. The number of hydrogen-bond acceptors (Lipinski definition) is 7. The highest BCUT2D eigenvalue weighted by atomic mass is 16.6. The Hall–Kier alpha value is -2.84. The highest BCUT2D eigenvalue weighted by Crippen LogP contribution is 2.39. The molecule has 1 amide bonds. The number of carbonyl (C=O) groups excluding carboxylic acids is 1. The van der Waals surface area contributed by atoms with Crippen LogP contribution in [-0.2, 0) is 4.74 Å². The van der Waals surface area contributed by atoms with Gasteiger partial charge in [-0.3, -0.25) is 5.10 Å². The molecule has 9 nitrogen and oxygen atoms in total. The Kier molecular flexibility index (Phi) is 5.29. The van der Waals surface area contributed by atoms with Crippen LogP contribution in [0.1, 0.15) is 58.1 Å². The van der Waals surface area contributed by atoms with E-state index in [1.807, 2.05) is 32.9 Å². The summed E-state index contributed by atoms with van der Waals surface area (Å²) >= 11 is 0. The second kappa shape index (κ2) is 7.88. The van der Waals surface area contributed by atoms with Crippen LogP contribution in [0, 0.1) is 0 Å². The van der Waals surface area contributed by atoms with Gasteiger partial charge in [0, 0.05) is 43.0 Å². The molecule has 2 aliphatic rings. The second-order valence-electron chi connectivity index (χ2n) is 8.76. The maximum atomic E-state index is 12.2. The third kappa shape index (κ3) is 5.36. The smallest absolute Gasteiger partial charge is 0.410 e. The van der Waals surface area contributed by atoms with Gasteiger partial charge in [-0.1, -0.05) is 0 Å². The van der Waals surface area contributed by atoms with E-state index in [9.17, 15) is 4.79 Å². The van der Waals surface area contributed by atoms with E-state index in [1.54, 1.807) is 11.1 Å². The summed E-state index contributed by atoms with van der Waals surface area (Å²) in [5.74, 6) is 2.67. The monoisotopic (exact) mass is 399 g/mol. The number of carbonyl (C=O) groups is 1. The highest BCUT2D eigenvalue weighted by molar-refractivity contribution is 5.68. The van der Waals surface area contributed by atoms with Gasteiger partial charge >= 0.3 is 6.09 Å². The molecule has 2 aromatic heterocycles. The molecule has 0 bridgehead atoms. The number of amides is 1. The number of aromatic nitrogens is 4. The summed E-state index contributed by atoms with van der Waals surface area (Å²) in [6, 6.07) is 4.08. The molecule has 29 heavy (non-hydrogen) atoms. The zero-order chi connectivity index (χ0) is 20.4. The molecule has 1 aliphatic heterocycles. The molecule has 1 aliphatic carbocycles. The number of aromatic amines is 1. The molecule has 0 spiro atoms. The molecule has 4 rings (SSSR count). The van der Waals surface area contributed by atoms with Crippen LogP contribution in [0.15, 0.2) is 18.3 Å². The summed E-state index contributed by atoms with van der Waals surface area (Å²) in [6.45, 7) is 6.96. The number of likely N-dealkylation sites (tertiary alicyclic amines) is 1. The van der Waals surface area contributed by atoms with Gasteiger partial charge in [0.1, 0.15) is 11.4 Å². The molecule has 3 heterocycles. The molecular weight excluding hydrogens is 370 g/mol. The van der Waals surface area contributed by atoms with Gasteiger partial charge in [-0.15, -0.1) is 0 Å². The fourth-order valence-corrected chi connectivity index (χ4v) is 3.35. The average Bonchev–Trinajstić information content (AvgIpc) is 3.41. The first-order valence-corrected chi connectivity index (χ1v) is 10.3. The molecule has 2 fully saturated rings. The molecule has 156 valence electrons. The van der Waals surface area contributed by atoms with Crippen molar-refractivity contribution in [3.8, 4) is 0 Å². The molecule has 0 aromatic carbocycles. The van der Waals surface area contributed by atoms with Crippen LogP contribution in [0.25, 0.3) is 0 Å². The number of nitrogens with one attached hydrogen (secondary N) is 3. The second-order valence-corrected chi connectivity index (χ2v) is 8.76. The first-order valence-electron chi connectivity index (χ1n) is 10.3. The lowest BCUT2D eigenvalue weighted by Crippen LogP contribution is -2.44. The normalized spacial score (nSPS) is 17.8. The minimum absolute atomic E-state index is 0.218. The van der Waals surface area contributed by atoms with Crippen LogP contribution in [-0.4, -0.2) is 55.9 Å². The van der Waals surface area contributed by atoms with Crippen molar-refractivity contribution in [3.05, 3.63) is 24.0 Å². The number of rotatable bonds is 5. The molecule has 0 radical (unpaired) electrons. The largest absolute Gasteiger partial charge is 0.444 e. The Morgan fingerprint density at radius 2 is 1.97 bits per heavy atom. The summed E-state index contributed by atoms with van der Waals surface area (Å²) < 4.78 is 5.45.